The minimum Gasteiger partial charge on any atom is -0.465 e. The molecule has 4 fully saturated rings. The molecule has 0 radical (unpaired) electrons. The van der Waals surface area contributed by atoms with Crippen LogP contribution in [0.15, 0.2) is 0 Å². The highest BCUT2D eigenvalue weighted by atomic mass is 16.5. The van der Waals surface area contributed by atoms with E-state index in [1.807, 2.05) is 4.90 Å². The van der Waals surface area contributed by atoms with Crippen molar-refractivity contribution < 1.29 is 28.7 Å². The van der Waals surface area contributed by atoms with Crippen LogP contribution < -0.4 is 0 Å². The molecular formula is C23H34N2O6. The third-order valence-electron chi connectivity index (χ3n) is 6.80. The van der Waals surface area contributed by atoms with E-state index in [2.05, 4.69) is 0 Å². The van der Waals surface area contributed by atoms with E-state index in [1.54, 1.807) is 11.8 Å². The van der Waals surface area contributed by atoms with E-state index in [4.69, 9.17) is 4.74 Å². The number of nitrogens with zero attached hydrogens (tertiary/aromatic N) is 2. The lowest BCUT2D eigenvalue weighted by Crippen LogP contribution is -2.52. The summed E-state index contributed by atoms with van der Waals surface area (Å²) in [5.74, 6) is -2.37. The molecule has 4 aliphatic rings. The van der Waals surface area contributed by atoms with E-state index in [0.29, 0.717) is 25.6 Å². The van der Waals surface area contributed by atoms with Crippen LogP contribution in [0.4, 0.5) is 0 Å². The highest BCUT2D eigenvalue weighted by Crippen LogP contribution is 2.28. The number of hydrogen-bond acceptors (Lipinski definition) is 6. The largest absolute Gasteiger partial charge is 0.465 e. The number of ketones is 2. The van der Waals surface area contributed by atoms with E-state index in [-0.39, 0.29) is 48.9 Å². The molecule has 8 nitrogen and oxygen atoms in total. The van der Waals surface area contributed by atoms with E-state index < -0.39 is 11.9 Å². The van der Waals surface area contributed by atoms with Crippen LogP contribution in [0.5, 0.6) is 0 Å². The molecule has 172 valence electrons. The Labute approximate surface area is 183 Å². The summed E-state index contributed by atoms with van der Waals surface area (Å²) in [6, 6.07) is 0.656. The molecule has 2 heterocycles. The first-order chi connectivity index (χ1) is 14.9. The predicted octanol–water partition coefficient (Wildman–Crippen LogP) is 2.03. The van der Waals surface area contributed by atoms with Crippen molar-refractivity contribution in [3.8, 4) is 0 Å². The van der Waals surface area contributed by atoms with Crippen LogP contribution in [-0.4, -0.2) is 70.9 Å². The Balaban J connectivity index is 0.000000185. The van der Waals surface area contributed by atoms with Crippen LogP contribution in [0.25, 0.3) is 0 Å². The fourth-order valence-corrected chi connectivity index (χ4v) is 5.16. The molecule has 0 N–H and O–H groups in total. The average molecular weight is 435 g/mol. The second-order valence-electron chi connectivity index (χ2n) is 8.86. The lowest BCUT2D eigenvalue weighted by atomic mass is 9.94. The van der Waals surface area contributed by atoms with E-state index >= 15 is 0 Å². The zero-order valence-electron chi connectivity index (χ0n) is 18.5. The van der Waals surface area contributed by atoms with Gasteiger partial charge in [0.1, 0.15) is 5.78 Å². The fraction of sp³-hybridized carbons (Fsp3) is 0.783. The third-order valence-corrected chi connectivity index (χ3v) is 6.80. The van der Waals surface area contributed by atoms with Gasteiger partial charge in [0.25, 0.3) is 0 Å². The van der Waals surface area contributed by atoms with Crippen molar-refractivity contribution in [1.29, 1.82) is 0 Å². The number of rotatable bonds is 4. The Bertz CT molecular complexity index is 709. The molecule has 0 aromatic carbocycles. The third kappa shape index (κ3) is 5.71. The summed E-state index contributed by atoms with van der Waals surface area (Å²) in [5.41, 5.74) is 0. The maximum Gasteiger partial charge on any atom is 0.326 e. The number of piperidine rings is 2. The Hall–Kier alpha value is -2.25. The number of amides is 2. The summed E-state index contributed by atoms with van der Waals surface area (Å²) >= 11 is 0. The number of likely N-dealkylation sites (tertiary alicyclic amines) is 2. The minimum absolute atomic E-state index is 0.0585. The number of ether oxygens (including phenoxy) is 1. The van der Waals surface area contributed by atoms with Crippen LogP contribution in [0, 0.1) is 5.92 Å². The molecular weight excluding hydrogens is 400 g/mol. The van der Waals surface area contributed by atoms with Crippen molar-refractivity contribution >= 4 is 29.4 Å². The fourth-order valence-electron chi connectivity index (χ4n) is 5.16. The SMILES string of the molecule is CCOC(=O)C1C(=O)CCN(C2CCCC2)C1=O.O=C1CCN(C2CCCC2)C(=O)C1. The summed E-state index contributed by atoms with van der Waals surface area (Å²) in [4.78, 5) is 61.8. The maximum atomic E-state index is 12.2. The zero-order valence-corrected chi connectivity index (χ0v) is 18.5. The molecule has 1 unspecified atom stereocenters. The van der Waals surface area contributed by atoms with Gasteiger partial charge in [0.05, 0.1) is 13.0 Å². The molecule has 1 atom stereocenters. The zero-order chi connectivity index (χ0) is 22.4. The number of carbonyl (C=O) groups is 5. The van der Waals surface area contributed by atoms with Crippen LogP contribution in [0.2, 0.25) is 0 Å². The number of Topliss-reactive ketones (excluding diaryl/α,β-unsaturated/α-hetero) is 2. The Morgan fingerprint density at radius 3 is 1.97 bits per heavy atom. The standard InChI is InChI=1S/C13H19NO4.C10H15NO2/c1-2-18-13(17)11-10(15)7-8-14(12(11)16)9-5-3-4-6-9;12-9-5-6-11(10(13)7-9)8-3-1-2-4-8/h9,11H,2-8H2,1H3;8H,1-7H2. The van der Waals surface area contributed by atoms with Crippen molar-refractivity contribution in [1.82, 2.24) is 9.80 Å². The van der Waals surface area contributed by atoms with Gasteiger partial charge in [0.15, 0.2) is 11.7 Å². The highest BCUT2D eigenvalue weighted by Gasteiger charge is 2.44. The first-order valence-electron chi connectivity index (χ1n) is 11.7. The van der Waals surface area contributed by atoms with Crippen molar-refractivity contribution in [2.45, 2.75) is 89.6 Å². The van der Waals surface area contributed by atoms with Crippen LogP contribution >= 0.6 is 0 Å². The second-order valence-corrected chi connectivity index (χ2v) is 8.86. The van der Waals surface area contributed by atoms with Gasteiger partial charge in [-0.05, 0) is 32.6 Å². The predicted molar refractivity (Wildman–Crippen MR) is 112 cm³/mol. The summed E-state index contributed by atoms with van der Waals surface area (Å²) in [6.45, 7) is 2.99. The quantitative estimate of drug-likeness (QED) is 0.496. The van der Waals surface area contributed by atoms with Gasteiger partial charge in [-0.2, -0.15) is 0 Å². The summed E-state index contributed by atoms with van der Waals surface area (Å²) in [5, 5.41) is 0. The van der Waals surface area contributed by atoms with E-state index in [0.717, 1.165) is 38.5 Å². The molecule has 2 aliphatic carbocycles. The second kappa shape index (κ2) is 10.9. The van der Waals surface area contributed by atoms with Gasteiger partial charge in [0.2, 0.25) is 11.8 Å². The molecule has 31 heavy (non-hydrogen) atoms. The molecule has 0 aromatic heterocycles. The average Bonchev–Trinajstić information content (AvgIpc) is 3.43. The first kappa shape index (κ1) is 23.4. The van der Waals surface area contributed by atoms with Crippen molar-refractivity contribution in [2.75, 3.05) is 19.7 Å². The molecule has 2 amide bonds. The molecule has 8 heteroatoms. The number of hydrogen-bond donors (Lipinski definition) is 0. The molecule has 2 saturated heterocycles. The lowest BCUT2D eigenvalue weighted by molar-refractivity contribution is -0.162. The summed E-state index contributed by atoms with van der Waals surface area (Å²) in [6.07, 6.45) is 9.94. The van der Waals surface area contributed by atoms with Crippen molar-refractivity contribution in [2.24, 2.45) is 5.92 Å². The number of carbonyl (C=O) groups excluding carboxylic acids is 5. The van der Waals surface area contributed by atoms with E-state index in [9.17, 15) is 24.0 Å². The minimum atomic E-state index is -1.21. The Kier molecular flexibility index (Phi) is 8.21. The van der Waals surface area contributed by atoms with Gasteiger partial charge in [-0.1, -0.05) is 25.7 Å². The molecule has 0 bridgehead atoms. The van der Waals surface area contributed by atoms with Gasteiger partial charge < -0.3 is 14.5 Å². The van der Waals surface area contributed by atoms with Crippen molar-refractivity contribution in [3.05, 3.63) is 0 Å². The highest BCUT2D eigenvalue weighted by molar-refractivity contribution is 6.17. The topological polar surface area (TPSA) is 101 Å². The van der Waals surface area contributed by atoms with Gasteiger partial charge in [-0.3, -0.25) is 24.0 Å². The lowest BCUT2D eigenvalue weighted by Gasteiger charge is -2.34. The van der Waals surface area contributed by atoms with Gasteiger partial charge in [-0.15, -0.1) is 0 Å². The first-order valence-corrected chi connectivity index (χ1v) is 11.7. The molecule has 4 rings (SSSR count). The molecule has 0 spiro atoms. The number of esters is 1. The smallest absolute Gasteiger partial charge is 0.326 e. The Morgan fingerprint density at radius 2 is 1.42 bits per heavy atom. The van der Waals surface area contributed by atoms with Gasteiger partial charge in [0, 0.05) is 38.0 Å². The maximum absolute atomic E-state index is 12.2. The monoisotopic (exact) mass is 434 g/mol. The summed E-state index contributed by atoms with van der Waals surface area (Å²) < 4.78 is 4.83. The molecule has 2 aliphatic heterocycles. The van der Waals surface area contributed by atoms with E-state index in [1.165, 1.54) is 12.8 Å². The van der Waals surface area contributed by atoms with Crippen LogP contribution in [0.1, 0.15) is 77.6 Å². The van der Waals surface area contributed by atoms with Crippen LogP contribution in [-0.2, 0) is 28.7 Å². The normalized spacial score (nSPS) is 25.6. The molecule has 0 aromatic rings. The van der Waals surface area contributed by atoms with Gasteiger partial charge in [-0.25, -0.2) is 0 Å². The molecule has 2 saturated carbocycles. The van der Waals surface area contributed by atoms with Crippen molar-refractivity contribution in [3.63, 3.8) is 0 Å². The summed E-state index contributed by atoms with van der Waals surface area (Å²) in [7, 11) is 0. The van der Waals surface area contributed by atoms with Gasteiger partial charge >= 0.3 is 5.97 Å². The Morgan fingerprint density at radius 1 is 0.871 bits per heavy atom. The van der Waals surface area contributed by atoms with Crippen LogP contribution in [0.3, 0.4) is 0 Å².